The summed E-state index contributed by atoms with van der Waals surface area (Å²) in [6.07, 6.45) is 8.70. The van der Waals surface area contributed by atoms with E-state index in [-0.39, 0.29) is 24.0 Å². The predicted molar refractivity (Wildman–Crippen MR) is 131 cm³/mol. The van der Waals surface area contributed by atoms with Crippen LogP contribution in [-0.2, 0) is 13.5 Å². The van der Waals surface area contributed by atoms with Gasteiger partial charge in [0.05, 0.1) is 18.8 Å². The molecule has 6 nitrogen and oxygen atoms in total. The molecule has 7 heteroatoms. The molecule has 0 spiro atoms. The third-order valence-electron chi connectivity index (χ3n) is 5.23. The van der Waals surface area contributed by atoms with Gasteiger partial charge in [-0.3, -0.25) is 14.6 Å². The summed E-state index contributed by atoms with van der Waals surface area (Å²) >= 11 is 0. The van der Waals surface area contributed by atoms with Crippen LogP contribution in [0.25, 0.3) is 0 Å². The number of likely N-dealkylation sites (tertiary alicyclic amines) is 1. The SMILES string of the molecule is CCNC(=NCC(c1ccccc1)N1CCCC1)NCCCc1cnn(C)c1.I. The van der Waals surface area contributed by atoms with Gasteiger partial charge < -0.3 is 10.6 Å². The van der Waals surface area contributed by atoms with Gasteiger partial charge in [0.2, 0.25) is 0 Å². The van der Waals surface area contributed by atoms with Gasteiger partial charge in [-0.2, -0.15) is 5.10 Å². The van der Waals surface area contributed by atoms with E-state index in [0.29, 0.717) is 6.04 Å². The van der Waals surface area contributed by atoms with E-state index in [9.17, 15) is 0 Å². The van der Waals surface area contributed by atoms with E-state index < -0.39 is 0 Å². The van der Waals surface area contributed by atoms with Gasteiger partial charge in [-0.1, -0.05) is 30.3 Å². The number of benzene rings is 1. The first kappa shape index (κ1) is 23.7. The van der Waals surface area contributed by atoms with Gasteiger partial charge in [0.25, 0.3) is 0 Å². The molecule has 160 valence electrons. The van der Waals surface area contributed by atoms with E-state index in [0.717, 1.165) is 38.4 Å². The smallest absolute Gasteiger partial charge is 0.191 e. The highest BCUT2D eigenvalue weighted by Gasteiger charge is 2.23. The number of halogens is 1. The largest absolute Gasteiger partial charge is 0.357 e. The van der Waals surface area contributed by atoms with Crippen molar-refractivity contribution in [2.45, 2.75) is 38.6 Å². The van der Waals surface area contributed by atoms with E-state index in [1.54, 1.807) is 0 Å². The maximum atomic E-state index is 4.92. The third-order valence-corrected chi connectivity index (χ3v) is 5.23. The van der Waals surface area contributed by atoms with Crippen LogP contribution in [0.2, 0.25) is 0 Å². The standard InChI is InChI=1S/C22H34N6.HI/c1-3-23-22(24-13-9-10-19-16-26-27(2)18-19)25-17-21(28-14-7-8-15-28)20-11-5-4-6-12-20;/h4-6,11-12,16,18,21H,3,7-10,13-15,17H2,1-2H3,(H2,23,24,25);1H. The minimum atomic E-state index is 0. The normalized spacial score (nSPS) is 15.7. The van der Waals surface area contributed by atoms with Crippen molar-refractivity contribution in [3.8, 4) is 0 Å². The quantitative estimate of drug-likeness (QED) is 0.235. The Morgan fingerprint density at radius 3 is 2.59 bits per heavy atom. The van der Waals surface area contributed by atoms with Gasteiger partial charge >= 0.3 is 0 Å². The number of rotatable bonds is 9. The molecule has 1 aromatic carbocycles. The van der Waals surface area contributed by atoms with Crippen LogP contribution in [0, 0.1) is 0 Å². The molecule has 0 saturated carbocycles. The molecule has 1 aromatic heterocycles. The molecule has 2 aromatic rings. The Bertz CT molecular complexity index is 724. The molecule has 29 heavy (non-hydrogen) atoms. The van der Waals surface area contributed by atoms with E-state index in [1.165, 1.54) is 37.1 Å². The van der Waals surface area contributed by atoms with Crippen LogP contribution >= 0.6 is 24.0 Å². The van der Waals surface area contributed by atoms with Gasteiger partial charge in [0.15, 0.2) is 5.96 Å². The Morgan fingerprint density at radius 2 is 1.93 bits per heavy atom. The van der Waals surface area contributed by atoms with Gasteiger partial charge in [0, 0.05) is 26.3 Å². The van der Waals surface area contributed by atoms with Crippen LogP contribution in [-0.4, -0.2) is 53.4 Å². The fourth-order valence-electron chi connectivity index (χ4n) is 3.78. The monoisotopic (exact) mass is 510 g/mol. The molecular formula is C22H35IN6. The van der Waals surface area contributed by atoms with Gasteiger partial charge in [-0.05, 0) is 56.8 Å². The molecule has 1 saturated heterocycles. The molecular weight excluding hydrogens is 475 g/mol. The topological polar surface area (TPSA) is 57.5 Å². The lowest BCUT2D eigenvalue weighted by Gasteiger charge is -2.27. The zero-order valence-corrected chi connectivity index (χ0v) is 20.0. The molecule has 3 rings (SSSR count). The summed E-state index contributed by atoms with van der Waals surface area (Å²) in [6, 6.07) is 11.2. The van der Waals surface area contributed by atoms with Crippen LogP contribution < -0.4 is 10.6 Å². The summed E-state index contributed by atoms with van der Waals surface area (Å²) in [5.41, 5.74) is 2.64. The average molecular weight is 510 g/mol. The van der Waals surface area contributed by atoms with Crippen molar-refractivity contribution in [2.75, 3.05) is 32.7 Å². The van der Waals surface area contributed by atoms with Crippen molar-refractivity contribution in [3.63, 3.8) is 0 Å². The Balaban J connectivity index is 0.00000300. The van der Waals surface area contributed by atoms with Crippen LogP contribution in [0.3, 0.4) is 0 Å². The predicted octanol–water partition coefficient (Wildman–Crippen LogP) is 3.36. The molecule has 0 aliphatic carbocycles. The van der Waals surface area contributed by atoms with Crippen LogP contribution in [0.15, 0.2) is 47.7 Å². The second kappa shape index (κ2) is 12.8. The lowest BCUT2D eigenvalue weighted by Crippen LogP contribution is -2.39. The number of hydrogen-bond donors (Lipinski definition) is 2. The fourth-order valence-corrected chi connectivity index (χ4v) is 3.78. The number of hydrogen-bond acceptors (Lipinski definition) is 3. The highest BCUT2D eigenvalue weighted by molar-refractivity contribution is 14.0. The summed E-state index contributed by atoms with van der Waals surface area (Å²) in [7, 11) is 1.96. The zero-order chi connectivity index (χ0) is 19.6. The van der Waals surface area contributed by atoms with E-state index >= 15 is 0 Å². The Kier molecular flexibility index (Phi) is 10.5. The van der Waals surface area contributed by atoms with Crippen molar-refractivity contribution in [1.82, 2.24) is 25.3 Å². The van der Waals surface area contributed by atoms with Gasteiger partial charge in [-0.25, -0.2) is 0 Å². The van der Waals surface area contributed by atoms with Crippen molar-refractivity contribution in [3.05, 3.63) is 53.9 Å². The van der Waals surface area contributed by atoms with Gasteiger partial charge in [0.1, 0.15) is 0 Å². The Morgan fingerprint density at radius 1 is 1.17 bits per heavy atom. The molecule has 0 radical (unpaired) electrons. The molecule has 1 aliphatic rings. The van der Waals surface area contributed by atoms with E-state index in [1.807, 2.05) is 17.9 Å². The highest BCUT2D eigenvalue weighted by atomic mass is 127. The summed E-state index contributed by atoms with van der Waals surface area (Å²) in [5.74, 6) is 0.911. The number of nitrogens with one attached hydrogen (secondary N) is 2. The maximum absolute atomic E-state index is 4.92. The highest BCUT2D eigenvalue weighted by Crippen LogP contribution is 2.25. The summed E-state index contributed by atoms with van der Waals surface area (Å²) < 4.78 is 1.86. The molecule has 2 N–H and O–H groups in total. The Hall–Kier alpha value is -1.61. The lowest BCUT2D eigenvalue weighted by molar-refractivity contribution is 0.251. The molecule has 1 unspecified atom stereocenters. The summed E-state index contributed by atoms with van der Waals surface area (Å²) in [5, 5.41) is 11.1. The Labute approximate surface area is 192 Å². The summed E-state index contributed by atoms with van der Waals surface area (Å²) in [6.45, 7) is 7.01. The first-order valence-electron chi connectivity index (χ1n) is 10.5. The minimum absolute atomic E-state index is 0. The third kappa shape index (κ3) is 7.62. The molecule has 0 bridgehead atoms. The number of nitrogens with zero attached hydrogens (tertiary/aromatic N) is 4. The minimum Gasteiger partial charge on any atom is -0.357 e. The van der Waals surface area contributed by atoms with Crippen molar-refractivity contribution < 1.29 is 0 Å². The first-order valence-corrected chi connectivity index (χ1v) is 10.5. The second-order valence-corrected chi connectivity index (χ2v) is 7.44. The number of aromatic nitrogens is 2. The fraction of sp³-hybridized carbons (Fsp3) is 0.545. The summed E-state index contributed by atoms with van der Waals surface area (Å²) in [4.78, 5) is 7.49. The number of aliphatic imine (C=N–C) groups is 1. The van der Waals surface area contributed by atoms with Crippen molar-refractivity contribution >= 4 is 29.9 Å². The van der Waals surface area contributed by atoms with Crippen molar-refractivity contribution in [2.24, 2.45) is 12.0 Å². The molecule has 0 amide bonds. The number of aryl methyl sites for hydroxylation is 2. The van der Waals surface area contributed by atoms with Crippen LogP contribution in [0.1, 0.15) is 43.4 Å². The molecule has 1 aliphatic heterocycles. The lowest BCUT2D eigenvalue weighted by atomic mass is 10.1. The van der Waals surface area contributed by atoms with Gasteiger partial charge in [-0.15, -0.1) is 24.0 Å². The molecule has 1 fully saturated rings. The van der Waals surface area contributed by atoms with Crippen molar-refractivity contribution in [1.29, 1.82) is 0 Å². The number of guanidine groups is 1. The average Bonchev–Trinajstić information content (AvgIpc) is 3.38. The molecule has 1 atom stereocenters. The van der Waals surface area contributed by atoms with E-state index in [2.05, 4.69) is 64.1 Å². The molecule has 2 heterocycles. The van der Waals surface area contributed by atoms with Crippen LogP contribution in [0.4, 0.5) is 0 Å². The van der Waals surface area contributed by atoms with E-state index in [4.69, 9.17) is 4.99 Å². The van der Waals surface area contributed by atoms with Crippen LogP contribution in [0.5, 0.6) is 0 Å². The first-order chi connectivity index (χ1) is 13.8. The zero-order valence-electron chi connectivity index (χ0n) is 17.7. The second-order valence-electron chi connectivity index (χ2n) is 7.44. The maximum Gasteiger partial charge on any atom is 0.191 e.